The van der Waals surface area contributed by atoms with Gasteiger partial charge in [-0.05, 0) is 31.7 Å². The summed E-state index contributed by atoms with van der Waals surface area (Å²) in [7, 11) is 2.11. The van der Waals surface area contributed by atoms with E-state index in [1.165, 1.54) is 4.90 Å². The number of thioether (sulfide) groups is 1. The van der Waals surface area contributed by atoms with E-state index in [0.29, 0.717) is 5.25 Å². The predicted octanol–water partition coefficient (Wildman–Crippen LogP) is 3.06. The summed E-state index contributed by atoms with van der Waals surface area (Å²) in [5.74, 6) is 0.207. The molecule has 116 valence electrons. The zero-order valence-corrected chi connectivity index (χ0v) is 14.3. The molecule has 4 heteroatoms. The molecule has 0 aliphatic carbocycles. The third-order valence-electron chi connectivity index (χ3n) is 3.94. The first-order chi connectivity index (χ1) is 9.97. The molecule has 0 spiro atoms. The van der Waals surface area contributed by atoms with Crippen molar-refractivity contribution in [2.45, 2.75) is 36.8 Å². The molecule has 1 amide bonds. The van der Waals surface area contributed by atoms with Gasteiger partial charge in [-0.1, -0.05) is 26.0 Å². The molecule has 0 saturated carbocycles. The highest BCUT2D eigenvalue weighted by atomic mass is 32.2. The summed E-state index contributed by atoms with van der Waals surface area (Å²) < 4.78 is 0. The quantitative estimate of drug-likeness (QED) is 0.799. The fourth-order valence-electron chi connectivity index (χ4n) is 2.55. The molecule has 21 heavy (non-hydrogen) atoms. The van der Waals surface area contributed by atoms with Crippen LogP contribution in [0.5, 0.6) is 0 Å². The minimum absolute atomic E-state index is 0.0495. The van der Waals surface area contributed by atoms with E-state index in [4.69, 9.17) is 0 Å². The smallest absolute Gasteiger partial charge is 0.229 e. The Kier molecular flexibility index (Phi) is 5.71. The average Bonchev–Trinajstić information content (AvgIpc) is 2.47. The van der Waals surface area contributed by atoms with Crippen LogP contribution in [0.3, 0.4) is 0 Å². The van der Waals surface area contributed by atoms with Crippen LogP contribution in [0.15, 0.2) is 29.2 Å². The fraction of sp³-hybridized carbons (Fsp3) is 0.588. The molecule has 2 rings (SSSR count). The van der Waals surface area contributed by atoms with Crippen LogP contribution >= 0.6 is 11.8 Å². The summed E-state index contributed by atoms with van der Waals surface area (Å²) in [5.41, 5.74) is 1.12. The summed E-state index contributed by atoms with van der Waals surface area (Å²) in [5, 5.41) is 0.584. The van der Waals surface area contributed by atoms with Crippen LogP contribution in [0.1, 0.15) is 32.3 Å². The molecular formula is C17H26N2OS. The van der Waals surface area contributed by atoms with Crippen LogP contribution in [0.25, 0.3) is 0 Å². The first-order valence-corrected chi connectivity index (χ1v) is 8.59. The van der Waals surface area contributed by atoms with Crippen molar-refractivity contribution in [2.75, 3.05) is 33.2 Å². The highest BCUT2D eigenvalue weighted by molar-refractivity contribution is 7.99. The van der Waals surface area contributed by atoms with E-state index < -0.39 is 0 Å². The summed E-state index contributed by atoms with van der Waals surface area (Å²) in [6, 6.07) is 8.47. The lowest BCUT2D eigenvalue weighted by Crippen LogP contribution is -2.48. The van der Waals surface area contributed by atoms with Crippen molar-refractivity contribution in [3.05, 3.63) is 29.8 Å². The van der Waals surface area contributed by atoms with E-state index in [9.17, 15) is 4.79 Å². The van der Waals surface area contributed by atoms with E-state index in [1.54, 1.807) is 0 Å². The van der Waals surface area contributed by atoms with Crippen molar-refractivity contribution in [2.24, 2.45) is 0 Å². The molecule has 1 aliphatic rings. The third-order valence-corrected chi connectivity index (χ3v) is 4.95. The molecule has 1 fully saturated rings. The molecule has 1 atom stereocenters. The number of nitrogens with zero attached hydrogens (tertiary/aromatic N) is 2. The first-order valence-electron chi connectivity index (χ1n) is 7.71. The fourth-order valence-corrected chi connectivity index (χ4v) is 3.39. The largest absolute Gasteiger partial charge is 0.340 e. The Hall–Kier alpha value is -1.00. The minimum Gasteiger partial charge on any atom is -0.340 e. The second-order valence-corrected chi connectivity index (χ2v) is 7.74. The Morgan fingerprint density at radius 1 is 1.05 bits per heavy atom. The normalized spacial score (nSPS) is 18.0. The number of benzene rings is 1. The summed E-state index contributed by atoms with van der Waals surface area (Å²) in [6.45, 7) is 10.0. The number of carbonyl (C=O) groups excluding carboxylic acids is 1. The second kappa shape index (κ2) is 7.32. The van der Waals surface area contributed by atoms with Gasteiger partial charge in [0.1, 0.15) is 0 Å². The van der Waals surface area contributed by atoms with Gasteiger partial charge in [0.2, 0.25) is 5.91 Å². The average molecular weight is 306 g/mol. The van der Waals surface area contributed by atoms with Crippen molar-refractivity contribution < 1.29 is 4.79 Å². The van der Waals surface area contributed by atoms with Gasteiger partial charge >= 0.3 is 0 Å². The van der Waals surface area contributed by atoms with Gasteiger partial charge in [0, 0.05) is 36.3 Å². The number of hydrogen-bond acceptors (Lipinski definition) is 3. The molecule has 0 bridgehead atoms. The number of rotatable bonds is 4. The molecular weight excluding hydrogens is 280 g/mol. The van der Waals surface area contributed by atoms with Crippen molar-refractivity contribution >= 4 is 17.7 Å². The van der Waals surface area contributed by atoms with E-state index in [1.807, 2.05) is 23.6 Å². The van der Waals surface area contributed by atoms with Gasteiger partial charge in [0.25, 0.3) is 0 Å². The minimum atomic E-state index is -0.0495. The van der Waals surface area contributed by atoms with Crippen LogP contribution < -0.4 is 0 Å². The third kappa shape index (κ3) is 4.48. The van der Waals surface area contributed by atoms with Crippen LogP contribution in [0.4, 0.5) is 0 Å². The molecule has 1 aromatic carbocycles. The van der Waals surface area contributed by atoms with Crippen molar-refractivity contribution in [1.82, 2.24) is 9.80 Å². The molecule has 1 saturated heterocycles. The molecule has 1 aliphatic heterocycles. The maximum Gasteiger partial charge on any atom is 0.229 e. The van der Waals surface area contributed by atoms with Gasteiger partial charge in [0.15, 0.2) is 0 Å². The Morgan fingerprint density at radius 3 is 2.14 bits per heavy atom. The highest BCUT2D eigenvalue weighted by Crippen LogP contribution is 2.26. The Morgan fingerprint density at radius 2 is 1.62 bits per heavy atom. The van der Waals surface area contributed by atoms with E-state index in [0.717, 1.165) is 31.7 Å². The molecule has 1 aromatic rings. The lowest BCUT2D eigenvalue weighted by Gasteiger charge is -2.34. The topological polar surface area (TPSA) is 23.6 Å². The molecule has 1 heterocycles. The van der Waals surface area contributed by atoms with E-state index in [2.05, 4.69) is 50.1 Å². The van der Waals surface area contributed by atoms with Crippen molar-refractivity contribution in [3.63, 3.8) is 0 Å². The van der Waals surface area contributed by atoms with Crippen LogP contribution in [-0.2, 0) is 4.79 Å². The lowest BCUT2D eigenvalue weighted by atomic mass is 9.99. The van der Waals surface area contributed by atoms with Crippen molar-refractivity contribution in [1.29, 1.82) is 0 Å². The second-order valence-electron chi connectivity index (χ2n) is 6.09. The van der Waals surface area contributed by atoms with Gasteiger partial charge in [-0.25, -0.2) is 0 Å². The zero-order chi connectivity index (χ0) is 15.4. The Balaban J connectivity index is 1.98. The van der Waals surface area contributed by atoms with Gasteiger partial charge < -0.3 is 9.80 Å². The lowest BCUT2D eigenvalue weighted by molar-refractivity contribution is -0.134. The zero-order valence-electron chi connectivity index (χ0n) is 13.5. The van der Waals surface area contributed by atoms with Gasteiger partial charge in [-0.3, -0.25) is 4.79 Å². The van der Waals surface area contributed by atoms with Crippen LogP contribution in [-0.4, -0.2) is 54.2 Å². The number of likely N-dealkylation sites (N-methyl/N-ethyl adjacent to an activating group) is 1. The van der Waals surface area contributed by atoms with Crippen LogP contribution in [0, 0.1) is 0 Å². The predicted molar refractivity (Wildman–Crippen MR) is 89.9 cm³/mol. The number of amides is 1. The standard InChI is InChI=1S/C17H26N2OS/c1-13(2)21-16-7-5-15(6-8-16)14(3)17(20)19-11-9-18(4)10-12-19/h5-8,13-14H,9-12H2,1-4H3. The first kappa shape index (κ1) is 16.4. The summed E-state index contributed by atoms with van der Waals surface area (Å²) in [6.07, 6.45) is 0. The Labute approximate surface area is 132 Å². The monoisotopic (exact) mass is 306 g/mol. The summed E-state index contributed by atoms with van der Waals surface area (Å²) in [4.78, 5) is 18.1. The molecule has 0 radical (unpaired) electrons. The Bertz CT molecular complexity index is 464. The van der Waals surface area contributed by atoms with Gasteiger partial charge in [-0.2, -0.15) is 0 Å². The van der Waals surface area contributed by atoms with E-state index >= 15 is 0 Å². The molecule has 1 unspecified atom stereocenters. The molecule has 0 aromatic heterocycles. The van der Waals surface area contributed by atoms with Crippen LogP contribution in [0.2, 0.25) is 0 Å². The maximum absolute atomic E-state index is 12.6. The maximum atomic E-state index is 12.6. The van der Waals surface area contributed by atoms with Gasteiger partial charge in [0.05, 0.1) is 5.92 Å². The number of carbonyl (C=O) groups is 1. The van der Waals surface area contributed by atoms with E-state index in [-0.39, 0.29) is 11.8 Å². The number of hydrogen-bond donors (Lipinski definition) is 0. The van der Waals surface area contributed by atoms with Crippen molar-refractivity contribution in [3.8, 4) is 0 Å². The number of piperazine rings is 1. The highest BCUT2D eigenvalue weighted by Gasteiger charge is 2.24. The van der Waals surface area contributed by atoms with Gasteiger partial charge in [-0.15, -0.1) is 11.8 Å². The summed E-state index contributed by atoms with van der Waals surface area (Å²) >= 11 is 1.85. The SMILES string of the molecule is CC(C)Sc1ccc(C(C)C(=O)N2CCN(C)CC2)cc1. The molecule has 0 N–H and O–H groups in total. The molecule has 3 nitrogen and oxygen atoms in total.